The average Bonchev–Trinajstić information content (AvgIpc) is 3.18. The molecular weight excluding hydrogens is 328 g/mol. The number of hydrogen-bond donors (Lipinski definition) is 1. The molecule has 0 spiro atoms. The van der Waals surface area contributed by atoms with E-state index in [9.17, 15) is 9.59 Å². The summed E-state index contributed by atoms with van der Waals surface area (Å²) in [4.78, 5) is 25.6. The fraction of sp³-hybridized carbons (Fsp3) is 0.150. The summed E-state index contributed by atoms with van der Waals surface area (Å²) in [5.74, 6) is -0.227. The summed E-state index contributed by atoms with van der Waals surface area (Å²) in [6.45, 7) is 1.95. The van der Waals surface area contributed by atoms with Crippen LogP contribution < -0.4 is 5.32 Å². The average molecular weight is 348 g/mol. The van der Waals surface area contributed by atoms with Gasteiger partial charge in [-0.25, -0.2) is 4.68 Å². The number of rotatable bonds is 5. The van der Waals surface area contributed by atoms with E-state index < -0.39 is 0 Å². The van der Waals surface area contributed by atoms with Crippen LogP contribution in [0.4, 0.5) is 5.69 Å². The van der Waals surface area contributed by atoms with Gasteiger partial charge in [-0.2, -0.15) is 5.10 Å². The zero-order valence-corrected chi connectivity index (χ0v) is 14.7. The van der Waals surface area contributed by atoms with Gasteiger partial charge >= 0.3 is 0 Å². The van der Waals surface area contributed by atoms with Gasteiger partial charge in [0.05, 0.1) is 5.69 Å². The number of amides is 2. The Morgan fingerprint density at radius 2 is 1.81 bits per heavy atom. The van der Waals surface area contributed by atoms with Gasteiger partial charge in [0.2, 0.25) is 5.91 Å². The van der Waals surface area contributed by atoms with Crippen molar-refractivity contribution in [2.45, 2.75) is 13.5 Å². The van der Waals surface area contributed by atoms with Gasteiger partial charge in [-0.05, 0) is 42.0 Å². The van der Waals surface area contributed by atoms with Crippen molar-refractivity contribution in [3.8, 4) is 5.69 Å². The molecule has 1 heterocycles. The maximum absolute atomic E-state index is 12.6. The number of carbonyl (C=O) groups is 2. The number of hydrogen-bond acceptors (Lipinski definition) is 3. The first-order valence-electron chi connectivity index (χ1n) is 8.25. The van der Waals surface area contributed by atoms with Crippen LogP contribution in [0.5, 0.6) is 0 Å². The van der Waals surface area contributed by atoms with Crippen molar-refractivity contribution in [2.24, 2.45) is 0 Å². The molecule has 0 bridgehead atoms. The van der Waals surface area contributed by atoms with E-state index in [-0.39, 0.29) is 11.8 Å². The normalized spacial score (nSPS) is 10.4. The molecule has 0 saturated heterocycles. The second-order valence-corrected chi connectivity index (χ2v) is 5.98. The van der Waals surface area contributed by atoms with E-state index in [1.54, 1.807) is 35.0 Å². The Labute approximate surface area is 152 Å². The summed E-state index contributed by atoms with van der Waals surface area (Å²) in [5.41, 5.74) is 3.01. The Hall–Kier alpha value is -3.41. The molecule has 2 aromatic carbocycles. The highest BCUT2D eigenvalue weighted by Crippen LogP contribution is 2.18. The minimum Gasteiger partial charge on any atom is -0.342 e. The largest absolute Gasteiger partial charge is 0.342 e. The third-order valence-electron chi connectivity index (χ3n) is 4.11. The molecule has 1 N–H and O–H groups in total. The Kier molecular flexibility index (Phi) is 5.12. The summed E-state index contributed by atoms with van der Waals surface area (Å²) in [6, 6.07) is 16.5. The number of carbonyl (C=O) groups excluding carboxylic acids is 2. The summed E-state index contributed by atoms with van der Waals surface area (Å²) < 4.78 is 1.73. The SMILES string of the molecule is CC(=O)N(C)Cc1ccccc1NC(=O)c1ccc(-n2cccn2)cc1. The lowest BCUT2D eigenvalue weighted by Crippen LogP contribution is -2.24. The Morgan fingerprint density at radius 1 is 1.08 bits per heavy atom. The molecule has 0 fully saturated rings. The third-order valence-corrected chi connectivity index (χ3v) is 4.11. The van der Waals surface area contributed by atoms with Crippen LogP contribution in [0.3, 0.4) is 0 Å². The van der Waals surface area contributed by atoms with Gasteiger partial charge in [0.1, 0.15) is 0 Å². The van der Waals surface area contributed by atoms with E-state index in [1.807, 2.05) is 48.7 Å². The minimum atomic E-state index is -0.199. The van der Waals surface area contributed by atoms with Crippen molar-refractivity contribution in [1.82, 2.24) is 14.7 Å². The maximum Gasteiger partial charge on any atom is 0.255 e. The van der Waals surface area contributed by atoms with E-state index >= 15 is 0 Å². The molecule has 0 radical (unpaired) electrons. The molecule has 3 rings (SSSR count). The van der Waals surface area contributed by atoms with Crippen molar-refractivity contribution in [1.29, 1.82) is 0 Å². The molecule has 0 saturated carbocycles. The predicted octanol–water partition coefficient (Wildman–Crippen LogP) is 3.10. The number of anilines is 1. The highest BCUT2D eigenvalue weighted by atomic mass is 16.2. The van der Waals surface area contributed by atoms with Gasteiger partial charge in [0, 0.05) is 44.2 Å². The second kappa shape index (κ2) is 7.65. The fourth-order valence-corrected chi connectivity index (χ4v) is 2.53. The van der Waals surface area contributed by atoms with Gasteiger partial charge in [0.15, 0.2) is 0 Å². The standard InChI is InChI=1S/C20H20N4O2/c1-15(25)23(2)14-17-6-3-4-7-19(17)22-20(26)16-8-10-18(11-9-16)24-13-5-12-21-24/h3-13H,14H2,1-2H3,(H,22,26). The lowest BCUT2D eigenvalue weighted by atomic mass is 10.1. The molecule has 6 nitrogen and oxygen atoms in total. The summed E-state index contributed by atoms with van der Waals surface area (Å²) in [7, 11) is 1.73. The smallest absolute Gasteiger partial charge is 0.255 e. The number of nitrogens with one attached hydrogen (secondary N) is 1. The number of benzene rings is 2. The fourth-order valence-electron chi connectivity index (χ4n) is 2.53. The van der Waals surface area contributed by atoms with Gasteiger partial charge < -0.3 is 10.2 Å². The summed E-state index contributed by atoms with van der Waals surface area (Å²) >= 11 is 0. The van der Waals surface area contributed by atoms with Gasteiger partial charge in [-0.1, -0.05) is 18.2 Å². The van der Waals surface area contributed by atoms with Crippen LogP contribution in [-0.2, 0) is 11.3 Å². The maximum atomic E-state index is 12.6. The minimum absolute atomic E-state index is 0.0275. The van der Waals surface area contributed by atoms with Crippen LogP contribution in [-0.4, -0.2) is 33.5 Å². The molecule has 2 amide bonds. The summed E-state index contributed by atoms with van der Waals surface area (Å²) in [5, 5.41) is 7.09. The molecule has 3 aromatic rings. The van der Waals surface area contributed by atoms with Crippen molar-refractivity contribution < 1.29 is 9.59 Å². The van der Waals surface area contributed by atoms with Crippen molar-refractivity contribution in [3.05, 3.63) is 78.1 Å². The first kappa shape index (κ1) is 17.4. The van der Waals surface area contributed by atoms with Crippen LogP contribution in [0.15, 0.2) is 67.0 Å². The first-order chi connectivity index (χ1) is 12.5. The van der Waals surface area contributed by atoms with Crippen molar-refractivity contribution in [2.75, 3.05) is 12.4 Å². The molecule has 0 aliphatic rings. The van der Waals surface area contributed by atoms with Crippen LogP contribution in [0.25, 0.3) is 5.69 Å². The van der Waals surface area contributed by atoms with E-state index in [1.165, 1.54) is 6.92 Å². The quantitative estimate of drug-likeness (QED) is 0.770. The highest BCUT2D eigenvalue weighted by molar-refractivity contribution is 6.04. The molecule has 1 aromatic heterocycles. The Bertz CT molecular complexity index is 902. The van der Waals surface area contributed by atoms with Crippen molar-refractivity contribution >= 4 is 17.5 Å². The van der Waals surface area contributed by atoms with E-state index in [0.29, 0.717) is 17.8 Å². The molecule has 132 valence electrons. The van der Waals surface area contributed by atoms with Crippen molar-refractivity contribution in [3.63, 3.8) is 0 Å². The van der Waals surface area contributed by atoms with E-state index in [0.717, 1.165) is 11.3 Å². The Morgan fingerprint density at radius 3 is 2.46 bits per heavy atom. The highest BCUT2D eigenvalue weighted by Gasteiger charge is 2.11. The number of aromatic nitrogens is 2. The molecular formula is C20H20N4O2. The van der Waals surface area contributed by atoms with E-state index in [2.05, 4.69) is 10.4 Å². The van der Waals surface area contributed by atoms with Crippen LogP contribution in [0.2, 0.25) is 0 Å². The number of para-hydroxylation sites is 1. The molecule has 6 heteroatoms. The van der Waals surface area contributed by atoms with Gasteiger partial charge in [-0.3, -0.25) is 9.59 Å². The molecule has 0 atom stereocenters. The van der Waals surface area contributed by atoms with Crippen LogP contribution >= 0.6 is 0 Å². The topological polar surface area (TPSA) is 67.2 Å². The number of nitrogens with zero attached hydrogens (tertiary/aromatic N) is 3. The lowest BCUT2D eigenvalue weighted by molar-refractivity contribution is -0.128. The third kappa shape index (κ3) is 3.97. The predicted molar refractivity (Wildman–Crippen MR) is 100 cm³/mol. The molecule has 0 aliphatic heterocycles. The molecule has 0 aliphatic carbocycles. The van der Waals surface area contributed by atoms with E-state index in [4.69, 9.17) is 0 Å². The monoisotopic (exact) mass is 348 g/mol. The summed E-state index contributed by atoms with van der Waals surface area (Å²) in [6.07, 6.45) is 3.55. The Balaban J connectivity index is 1.75. The second-order valence-electron chi connectivity index (χ2n) is 5.98. The molecule has 26 heavy (non-hydrogen) atoms. The van der Waals surface area contributed by atoms with Gasteiger partial charge in [0.25, 0.3) is 5.91 Å². The zero-order valence-electron chi connectivity index (χ0n) is 14.7. The zero-order chi connectivity index (χ0) is 18.5. The lowest BCUT2D eigenvalue weighted by Gasteiger charge is -2.18. The molecule has 0 unspecified atom stereocenters. The van der Waals surface area contributed by atoms with Crippen LogP contribution in [0.1, 0.15) is 22.8 Å². The van der Waals surface area contributed by atoms with Gasteiger partial charge in [-0.15, -0.1) is 0 Å². The van der Waals surface area contributed by atoms with Crippen LogP contribution in [0, 0.1) is 0 Å². The first-order valence-corrected chi connectivity index (χ1v) is 8.25.